The lowest BCUT2D eigenvalue weighted by Gasteiger charge is -2.37. The predicted octanol–water partition coefficient (Wildman–Crippen LogP) is 5.16. The van der Waals surface area contributed by atoms with Crippen molar-refractivity contribution in [1.82, 2.24) is 9.88 Å². The quantitative estimate of drug-likeness (QED) is 0.491. The molecule has 4 rings (SSSR count). The van der Waals surface area contributed by atoms with Crippen LogP contribution < -0.4 is 4.74 Å². The molecule has 1 fully saturated rings. The molecule has 34 heavy (non-hydrogen) atoms. The Hall–Kier alpha value is -3.01. The summed E-state index contributed by atoms with van der Waals surface area (Å²) >= 11 is 0. The van der Waals surface area contributed by atoms with E-state index in [9.17, 15) is 9.50 Å². The Morgan fingerprint density at radius 2 is 2.09 bits per heavy atom. The predicted molar refractivity (Wildman–Crippen MR) is 130 cm³/mol. The molecule has 0 aliphatic carbocycles. The van der Waals surface area contributed by atoms with Crippen molar-refractivity contribution in [2.24, 2.45) is 11.8 Å². The number of ether oxygens (including phenoxy) is 1. The van der Waals surface area contributed by atoms with Crippen LogP contribution >= 0.6 is 0 Å². The number of likely N-dealkylation sites (tertiary alicyclic amines) is 1. The van der Waals surface area contributed by atoms with E-state index in [4.69, 9.17) is 4.74 Å². The second-order valence-electron chi connectivity index (χ2n) is 8.87. The number of pyridine rings is 1. The Morgan fingerprint density at radius 1 is 1.21 bits per heavy atom. The fraction of sp³-hybridized carbons (Fsp3) is 0.393. The van der Waals surface area contributed by atoms with Gasteiger partial charge in [0, 0.05) is 30.3 Å². The molecule has 2 aromatic carbocycles. The topological polar surface area (TPSA) is 45.6 Å². The average molecular weight is 465 g/mol. The van der Waals surface area contributed by atoms with E-state index >= 15 is 4.39 Å². The van der Waals surface area contributed by atoms with E-state index in [1.165, 1.54) is 12.1 Å². The largest absolute Gasteiger partial charge is 0.497 e. The van der Waals surface area contributed by atoms with Crippen molar-refractivity contribution >= 4 is 10.9 Å². The maximum Gasteiger partial charge on any atom is 0.126 e. The van der Waals surface area contributed by atoms with Gasteiger partial charge in [0.15, 0.2) is 0 Å². The number of rotatable bonds is 7. The normalized spacial score (nSPS) is 19.4. The van der Waals surface area contributed by atoms with Crippen LogP contribution in [0.1, 0.15) is 36.6 Å². The number of hydrogen-bond donors (Lipinski definition) is 1. The van der Waals surface area contributed by atoms with Crippen LogP contribution in [0.4, 0.5) is 8.78 Å². The van der Waals surface area contributed by atoms with E-state index in [-0.39, 0.29) is 24.3 Å². The highest BCUT2D eigenvalue weighted by molar-refractivity contribution is 5.83. The van der Waals surface area contributed by atoms with Gasteiger partial charge in [-0.15, -0.1) is 0 Å². The van der Waals surface area contributed by atoms with Crippen molar-refractivity contribution in [3.8, 4) is 17.6 Å². The first-order valence-corrected chi connectivity index (χ1v) is 11.7. The van der Waals surface area contributed by atoms with Crippen LogP contribution in [0.15, 0.2) is 54.7 Å². The second-order valence-corrected chi connectivity index (χ2v) is 8.87. The Bertz CT molecular complexity index is 1170. The summed E-state index contributed by atoms with van der Waals surface area (Å²) in [6.07, 6.45) is 2.55. The van der Waals surface area contributed by atoms with Gasteiger partial charge in [0.25, 0.3) is 0 Å². The Labute approximate surface area is 199 Å². The van der Waals surface area contributed by atoms with Gasteiger partial charge in [0.05, 0.1) is 19.2 Å². The minimum absolute atomic E-state index is 0.0742. The van der Waals surface area contributed by atoms with Gasteiger partial charge in [-0.05, 0) is 85.7 Å². The molecule has 2 heterocycles. The molecule has 3 aromatic rings. The third kappa shape index (κ3) is 5.91. The summed E-state index contributed by atoms with van der Waals surface area (Å²) in [6.45, 7) is 2.22. The maximum atomic E-state index is 15.3. The number of benzene rings is 2. The van der Waals surface area contributed by atoms with Gasteiger partial charge in [-0.3, -0.25) is 9.88 Å². The van der Waals surface area contributed by atoms with E-state index in [0.29, 0.717) is 36.3 Å². The van der Waals surface area contributed by atoms with Crippen LogP contribution in [0, 0.1) is 29.5 Å². The third-order valence-electron chi connectivity index (χ3n) is 6.68. The average Bonchev–Trinajstić information content (AvgIpc) is 2.87. The minimum atomic E-state index is -1.10. The molecule has 0 amide bonds. The minimum Gasteiger partial charge on any atom is -0.497 e. The summed E-state index contributed by atoms with van der Waals surface area (Å²) in [6, 6.07) is 13.5. The molecule has 0 spiro atoms. The van der Waals surface area contributed by atoms with Crippen molar-refractivity contribution in [3.63, 3.8) is 0 Å². The lowest BCUT2D eigenvalue weighted by atomic mass is 9.81. The fourth-order valence-corrected chi connectivity index (χ4v) is 4.77. The number of fused-ring (bicyclic) bond motifs is 1. The zero-order valence-electron chi connectivity index (χ0n) is 19.4. The smallest absolute Gasteiger partial charge is 0.126 e. The first-order chi connectivity index (χ1) is 16.6. The van der Waals surface area contributed by atoms with Crippen LogP contribution in [0.25, 0.3) is 10.9 Å². The zero-order chi connectivity index (χ0) is 23.9. The first-order valence-electron chi connectivity index (χ1n) is 11.7. The molecule has 1 aliphatic rings. The molecule has 0 saturated carbocycles. The maximum absolute atomic E-state index is 15.3. The third-order valence-corrected chi connectivity index (χ3v) is 6.68. The number of aliphatic hydroxyl groups excluding tert-OH is 1. The van der Waals surface area contributed by atoms with Gasteiger partial charge in [-0.1, -0.05) is 17.9 Å². The van der Waals surface area contributed by atoms with Crippen LogP contribution in [-0.4, -0.2) is 48.3 Å². The lowest BCUT2D eigenvalue weighted by Crippen LogP contribution is -2.42. The molecule has 0 unspecified atom stereocenters. The van der Waals surface area contributed by atoms with E-state index in [0.717, 1.165) is 30.4 Å². The molecule has 6 heteroatoms. The Balaban J connectivity index is 1.34. The lowest BCUT2D eigenvalue weighted by molar-refractivity contribution is 0.0708. The van der Waals surface area contributed by atoms with E-state index in [2.05, 4.69) is 21.7 Å². The van der Waals surface area contributed by atoms with E-state index in [1.54, 1.807) is 31.5 Å². The highest BCUT2D eigenvalue weighted by Crippen LogP contribution is 2.35. The first kappa shape index (κ1) is 24.1. The number of hydrogen-bond acceptors (Lipinski definition) is 4. The van der Waals surface area contributed by atoms with Gasteiger partial charge in [-0.25, -0.2) is 8.78 Å². The number of halogens is 2. The van der Waals surface area contributed by atoms with Crippen LogP contribution in [0.5, 0.6) is 5.75 Å². The summed E-state index contributed by atoms with van der Waals surface area (Å²) in [4.78, 5) is 6.55. The van der Waals surface area contributed by atoms with Crippen LogP contribution in [-0.2, 0) is 0 Å². The molecule has 1 saturated heterocycles. The van der Waals surface area contributed by atoms with Gasteiger partial charge in [0.1, 0.15) is 17.7 Å². The van der Waals surface area contributed by atoms with Gasteiger partial charge in [0.2, 0.25) is 0 Å². The summed E-state index contributed by atoms with van der Waals surface area (Å²) in [5, 5.41) is 10.8. The SMILES string of the molecule is COc1ccc2nccc([C@H](F)CC[C@@H]3CCN(CC#Cc4cccc(F)c4)C[C@@H]3CO)c2c1. The number of aromatic nitrogens is 1. The zero-order valence-corrected chi connectivity index (χ0v) is 19.4. The molecule has 1 aliphatic heterocycles. The number of methoxy groups -OCH3 is 1. The van der Waals surface area contributed by atoms with Crippen molar-refractivity contribution in [2.75, 3.05) is 33.4 Å². The molecular formula is C28H30F2N2O2. The molecule has 0 radical (unpaired) electrons. The summed E-state index contributed by atoms with van der Waals surface area (Å²) in [5.41, 5.74) is 2.04. The molecule has 178 valence electrons. The van der Waals surface area contributed by atoms with E-state index in [1.807, 2.05) is 18.2 Å². The molecule has 3 atom stereocenters. The monoisotopic (exact) mass is 464 g/mol. The van der Waals surface area contributed by atoms with Crippen molar-refractivity contribution < 1.29 is 18.6 Å². The Kier molecular flexibility index (Phi) is 8.10. The van der Waals surface area contributed by atoms with Crippen molar-refractivity contribution in [1.29, 1.82) is 0 Å². The summed E-state index contributed by atoms with van der Waals surface area (Å²) in [5.74, 6) is 6.85. The summed E-state index contributed by atoms with van der Waals surface area (Å²) in [7, 11) is 1.60. The van der Waals surface area contributed by atoms with Crippen LogP contribution in [0.3, 0.4) is 0 Å². The van der Waals surface area contributed by atoms with Gasteiger partial charge in [-0.2, -0.15) is 0 Å². The number of nitrogens with zero attached hydrogens (tertiary/aromatic N) is 2. The standard InChI is InChI=1S/C28H30F2N2O2/c1-34-24-8-10-28-26(17-24)25(11-13-31-28)27(30)9-7-21-12-15-32(18-22(21)19-33)14-3-5-20-4-2-6-23(29)16-20/h2,4,6,8,10-11,13,16-17,21-22,27,33H,7,9,12,14-15,18-19H2,1H3/t21-,22-,27-/m1/s1. The number of piperidine rings is 1. The number of aliphatic hydroxyl groups is 1. The molecular weight excluding hydrogens is 434 g/mol. The highest BCUT2D eigenvalue weighted by atomic mass is 19.1. The second kappa shape index (κ2) is 11.4. The highest BCUT2D eigenvalue weighted by Gasteiger charge is 2.29. The van der Waals surface area contributed by atoms with Gasteiger partial charge < -0.3 is 9.84 Å². The molecule has 4 nitrogen and oxygen atoms in total. The van der Waals surface area contributed by atoms with Crippen molar-refractivity contribution in [3.05, 3.63) is 71.7 Å². The fourth-order valence-electron chi connectivity index (χ4n) is 4.77. The van der Waals surface area contributed by atoms with Crippen molar-refractivity contribution in [2.45, 2.75) is 25.4 Å². The molecule has 0 bridgehead atoms. The molecule has 1 N–H and O–H groups in total. The van der Waals surface area contributed by atoms with Gasteiger partial charge >= 0.3 is 0 Å². The number of alkyl halides is 1. The van der Waals surface area contributed by atoms with E-state index < -0.39 is 6.17 Å². The van der Waals surface area contributed by atoms with Crippen LogP contribution in [0.2, 0.25) is 0 Å². The Morgan fingerprint density at radius 3 is 2.88 bits per heavy atom. The summed E-state index contributed by atoms with van der Waals surface area (Å²) < 4.78 is 33.9. The molecule has 1 aromatic heterocycles.